The molecule has 25 heavy (non-hydrogen) atoms. The van der Waals surface area contributed by atoms with Crippen LogP contribution in [0.4, 0.5) is 14.9 Å². The fourth-order valence-corrected chi connectivity index (χ4v) is 3.06. The molecule has 0 bridgehead atoms. The molecule has 1 aromatic heterocycles. The first-order valence-electron chi connectivity index (χ1n) is 7.52. The summed E-state index contributed by atoms with van der Waals surface area (Å²) in [5.41, 5.74) is 2.20. The number of hydrogen-bond acceptors (Lipinski definition) is 3. The molecule has 130 valence electrons. The molecule has 8 heteroatoms. The lowest BCUT2D eigenvalue weighted by Gasteiger charge is -2.09. The highest BCUT2D eigenvalue weighted by atomic mass is 32.2. The topological polar surface area (TPSA) is 76.0 Å². The summed E-state index contributed by atoms with van der Waals surface area (Å²) in [4.78, 5) is 12.1. The Kier molecular flexibility index (Phi) is 4.80. The van der Waals surface area contributed by atoms with Crippen molar-refractivity contribution in [2.75, 3.05) is 11.6 Å². The third-order valence-electron chi connectivity index (χ3n) is 3.77. The second-order valence-corrected chi connectivity index (χ2v) is 6.92. The Morgan fingerprint density at radius 2 is 2.08 bits per heavy atom. The van der Waals surface area contributed by atoms with Crippen molar-refractivity contribution in [1.82, 2.24) is 15.1 Å². The van der Waals surface area contributed by atoms with E-state index in [-0.39, 0.29) is 4.90 Å². The minimum absolute atomic E-state index is 0.107. The highest BCUT2D eigenvalue weighted by Gasteiger charge is 2.09. The molecule has 2 N–H and O–H groups in total. The van der Waals surface area contributed by atoms with Crippen molar-refractivity contribution in [2.45, 2.75) is 11.4 Å². The molecule has 0 saturated heterocycles. The van der Waals surface area contributed by atoms with E-state index in [1.54, 1.807) is 10.9 Å². The number of amides is 2. The molecule has 3 rings (SSSR count). The van der Waals surface area contributed by atoms with Gasteiger partial charge in [0.2, 0.25) is 0 Å². The zero-order valence-corrected chi connectivity index (χ0v) is 14.6. The van der Waals surface area contributed by atoms with Crippen LogP contribution in [-0.4, -0.2) is 26.3 Å². The summed E-state index contributed by atoms with van der Waals surface area (Å²) in [6.07, 6.45) is 3.18. The van der Waals surface area contributed by atoms with Gasteiger partial charge in [0.1, 0.15) is 5.82 Å². The average molecular weight is 360 g/mol. The van der Waals surface area contributed by atoms with E-state index in [1.807, 2.05) is 25.2 Å². The van der Waals surface area contributed by atoms with E-state index < -0.39 is 22.6 Å². The van der Waals surface area contributed by atoms with Crippen molar-refractivity contribution in [3.8, 4) is 0 Å². The van der Waals surface area contributed by atoms with Crippen molar-refractivity contribution >= 4 is 33.4 Å². The molecule has 2 aromatic carbocycles. The molecule has 0 fully saturated rings. The number of aryl methyl sites for hydroxylation is 1. The largest absolute Gasteiger partial charge is 0.334 e. The molecular formula is C17H17FN4O2S. The Labute approximate surface area is 146 Å². The highest BCUT2D eigenvalue weighted by molar-refractivity contribution is 7.84. The molecule has 0 aliphatic heterocycles. The lowest BCUT2D eigenvalue weighted by atomic mass is 10.1. The number of hydrogen-bond donors (Lipinski definition) is 2. The summed E-state index contributed by atoms with van der Waals surface area (Å²) in [7, 11) is 0.444. The Morgan fingerprint density at radius 1 is 1.28 bits per heavy atom. The first-order chi connectivity index (χ1) is 11.9. The molecule has 2 amide bonds. The molecule has 1 unspecified atom stereocenters. The minimum Gasteiger partial charge on any atom is -0.334 e. The van der Waals surface area contributed by atoms with Crippen molar-refractivity contribution in [2.24, 2.45) is 7.05 Å². The fraction of sp³-hybridized carbons (Fsp3) is 0.176. The molecule has 0 aliphatic rings. The van der Waals surface area contributed by atoms with Crippen LogP contribution in [0.1, 0.15) is 5.56 Å². The van der Waals surface area contributed by atoms with Crippen LogP contribution >= 0.6 is 0 Å². The molecule has 0 spiro atoms. The van der Waals surface area contributed by atoms with Gasteiger partial charge in [-0.05, 0) is 29.8 Å². The molecule has 0 aliphatic carbocycles. The van der Waals surface area contributed by atoms with E-state index in [1.165, 1.54) is 18.4 Å². The van der Waals surface area contributed by atoms with Gasteiger partial charge in [-0.15, -0.1) is 0 Å². The van der Waals surface area contributed by atoms with E-state index in [4.69, 9.17) is 0 Å². The van der Waals surface area contributed by atoms with E-state index in [0.29, 0.717) is 12.2 Å². The zero-order valence-electron chi connectivity index (χ0n) is 13.7. The summed E-state index contributed by atoms with van der Waals surface area (Å²) in [5, 5.41) is 10.5. The van der Waals surface area contributed by atoms with Crippen LogP contribution in [-0.2, 0) is 24.4 Å². The number of carbonyl (C=O) groups is 1. The fourth-order valence-electron chi connectivity index (χ4n) is 2.47. The molecular weight excluding hydrogens is 343 g/mol. The number of rotatable bonds is 4. The van der Waals surface area contributed by atoms with Crippen LogP contribution in [0.25, 0.3) is 10.9 Å². The maximum atomic E-state index is 13.8. The summed E-state index contributed by atoms with van der Waals surface area (Å²) in [6, 6.07) is 9.42. The maximum absolute atomic E-state index is 13.8. The first-order valence-corrected chi connectivity index (χ1v) is 9.08. The number of benzene rings is 2. The number of nitrogens with zero attached hydrogens (tertiary/aromatic N) is 2. The van der Waals surface area contributed by atoms with Crippen LogP contribution in [0.5, 0.6) is 0 Å². The molecule has 0 radical (unpaired) electrons. The number of nitrogens with one attached hydrogen (secondary N) is 2. The lowest BCUT2D eigenvalue weighted by molar-refractivity contribution is 0.251. The summed E-state index contributed by atoms with van der Waals surface area (Å²) in [6.45, 7) is 0.326. The normalized spacial score (nSPS) is 12.1. The van der Waals surface area contributed by atoms with Gasteiger partial charge in [0.25, 0.3) is 0 Å². The van der Waals surface area contributed by atoms with Gasteiger partial charge < -0.3 is 10.6 Å². The predicted molar refractivity (Wildman–Crippen MR) is 95.3 cm³/mol. The van der Waals surface area contributed by atoms with Crippen molar-refractivity contribution in [1.29, 1.82) is 0 Å². The van der Waals surface area contributed by atoms with Gasteiger partial charge >= 0.3 is 6.03 Å². The van der Waals surface area contributed by atoms with Gasteiger partial charge in [0.05, 0.1) is 27.4 Å². The van der Waals surface area contributed by atoms with Crippen LogP contribution in [0.2, 0.25) is 0 Å². The van der Waals surface area contributed by atoms with Gasteiger partial charge in [-0.25, -0.2) is 9.18 Å². The quantitative estimate of drug-likeness (QED) is 0.751. The monoisotopic (exact) mass is 360 g/mol. The Morgan fingerprint density at radius 3 is 2.80 bits per heavy atom. The van der Waals surface area contributed by atoms with Crippen molar-refractivity contribution in [3.63, 3.8) is 0 Å². The van der Waals surface area contributed by atoms with Crippen molar-refractivity contribution < 1.29 is 13.4 Å². The summed E-state index contributed by atoms with van der Waals surface area (Å²) in [5.74, 6) is -0.611. The van der Waals surface area contributed by atoms with E-state index in [2.05, 4.69) is 15.7 Å². The third-order valence-corrected chi connectivity index (χ3v) is 4.72. The average Bonchev–Trinajstić information content (AvgIpc) is 2.93. The van der Waals surface area contributed by atoms with Gasteiger partial charge in [0.15, 0.2) is 0 Å². The number of aromatic nitrogens is 2. The Bertz CT molecular complexity index is 970. The van der Waals surface area contributed by atoms with Crippen LogP contribution < -0.4 is 10.6 Å². The molecule has 6 nitrogen and oxygen atoms in total. The summed E-state index contributed by atoms with van der Waals surface area (Å²) < 4.78 is 26.9. The number of fused-ring (bicyclic) bond motifs is 1. The van der Waals surface area contributed by atoms with Gasteiger partial charge in [-0.2, -0.15) is 5.10 Å². The van der Waals surface area contributed by atoms with Gasteiger partial charge in [-0.1, -0.05) is 12.1 Å². The SMILES string of the molecule is Cn1ncc2ccc(CNC(=O)Nc3ccc(S(C)=O)c(F)c3)cc21. The van der Waals surface area contributed by atoms with Crippen LogP contribution in [0.3, 0.4) is 0 Å². The number of halogens is 1. The van der Waals surface area contributed by atoms with E-state index in [0.717, 1.165) is 22.5 Å². The molecule has 1 atom stereocenters. The molecule has 3 aromatic rings. The van der Waals surface area contributed by atoms with E-state index >= 15 is 0 Å². The van der Waals surface area contributed by atoms with E-state index in [9.17, 15) is 13.4 Å². The van der Waals surface area contributed by atoms with Gasteiger partial charge in [0, 0.05) is 30.9 Å². The second-order valence-electron chi connectivity index (χ2n) is 5.57. The van der Waals surface area contributed by atoms with Gasteiger partial charge in [-0.3, -0.25) is 8.89 Å². The molecule has 1 heterocycles. The second kappa shape index (κ2) is 7.02. The number of carbonyl (C=O) groups excluding carboxylic acids is 1. The Hall–Kier alpha value is -2.74. The highest BCUT2D eigenvalue weighted by Crippen LogP contribution is 2.17. The third kappa shape index (κ3) is 3.85. The Balaban J connectivity index is 1.63. The predicted octanol–water partition coefficient (Wildman–Crippen LogP) is 2.77. The first kappa shape index (κ1) is 17.1. The van der Waals surface area contributed by atoms with Crippen LogP contribution in [0, 0.1) is 5.82 Å². The molecule has 0 saturated carbocycles. The minimum atomic E-state index is -1.41. The lowest BCUT2D eigenvalue weighted by Crippen LogP contribution is -2.28. The number of anilines is 1. The maximum Gasteiger partial charge on any atom is 0.319 e. The van der Waals surface area contributed by atoms with Crippen LogP contribution in [0.15, 0.2) is 47.5 Å². The zero-order chi connectivity index (χ0) is 18.0. The number of urea groups is 1. The van der Waals surface area contributed by atoms with Crippen molar-refractivity contribution in [3.05, 3.63) is 54.0 Å². The standard InChI is InChI=1S/C17H17FN4O2S/c1-22-15-7-11(3-4-12(15)10-20-22)9-19-17(23)21-13-5-6-16(25(2)24)14(18)8-13/h3-8,10H,9H2,1-2H3,(H2,19,21,23). The summed E-state index contributed by atoms with van der Waals surface area (Å²) >= 11 is 0. The smallest absolute Gasteiger partial charge is 0.319 e.